The molecule has 0 aromatic carbocycles. The molecule has 0 spiro atoms. The van der Waals surface area contributed by atoms with Crippen LogP contribution in [0.1, 0.15) is 6.42 Å². The number of hydrogen-bond acceptors (Lipinski definition) is 4. The Morgan fingerprint density at radius 3 is 3.00 bits per heavy atom. The normalized spacial score (nSPS) is 34.9. The molecule has 3 atom stereocenters. The van der Waals surface area contributed by atoms with Gasteiger partial charge in [-0.05, 0) is 0 Å². The second-order valence-electron chi connectivity index (χ2n) is 3.37. The summed E-state index contributed by atoms with van der Waals surface area (Å²) in [6, 6.07) is 0. The van der Waals surface area contributed by atoms with Crippen LogP contribution < -0.4 is 0 Å². The molecule has 0 unspecified atom stereocenters. The van der Waals surface area contributed by atoms with Gasteiger partial charge in [-0.1, -0.05) is 22.0 Å². The summed E-state index contributed by atoms with van der Waals surface area (Å²) in [5.74, 6) is -1.54. The maximum Gasteiger partial charge on any atom is 0.314 e. The lowest BCUT2D eigenvalue weighted by atomic mass is 9.80. The van der Waals surface area contributed by atoms with E-state index >= 15 is 0 Å². The second-order valence-corrected chi connectivity index (χ2v) is 4.28. The highest BCUT2D eigenvalue weighted by Crippen LogP contribution is 2.40. The maximum absolute atomic E-state index is 11.3. The van der Waals surface area contributed by atoms with Gasteiger partial charge < -0.3 is 9.47 Å². The number of ether oxygens (including phenoxy) is 2. The number of rotatable bonds is 1. The molecule has 4 nitrogen and oxygen atoms in total. The third kappa shape index (κ3) is 1.35. The standard InChI is InChI=1S/C9H9BrO4/c1-13-8(11)5-3-7-6(10)2-4(5)9(12)14-7/h2,4-5,7H,3H2,1H3/t4-,5-,7-/m1/s1. The molecule has 14 heavy (non-hydrogen) atoms. The molecule has 0 N–H and O–H groups in total. The van der Waals surface area contributed by atoms with Crippen molar-refractivity contribution in [2.45, 2.75) is 12.5 Å². The van der Waals surface area contributed by atoms with Gasteiger partial charge in [-0.15, -0.1) is 0 Å². The number of carbonyl (C=O) groups is 2. The minimum Gasteiger partial charge on any atom is -0.469 e. The van der Waals surface area contributed by atoms with Gasteiger partial charge in [0.05, 0.1) is 18.9 Å². The van der Waals surface area contributed by atoms with Crippen LogP contribution in [0.5, 0.6) is 0 Å². The van der Waals surface area contributed by atoms with Gasteiger partial charge >= 0.3 is 11.9 Å². The second kappa shape index (κ2) is 3.38. The van der Waals surface area contributed by atoms with Gasteiger partial charge in [-0.25, -0.2) is 0 Å². The largest absolute Gasteiger partial charge is 0.469 e. The zero-order chi connectivity index (χ0) is 10.3. The molecular weight excluding hydrogens is 252 g/mol. The van der Waals surface area contributed by atoms with Crippen molar-refractivity contribution < 1.29 is 19.1 Å². The Bertz CT molecular complexity index is 323. The summed E-state index contributed by atoms with van der Waals surface area (Å²) in [5.41, 5.74) is 0. The van der Waals surface area contributed by atoms with Crippen molar-refractivity contribution in [1.29, 1.82) is 0 Å². The quantitative estimate of drug-likeness (QED) is 0.661. The van der Waals surface area contributed by atoms with Crippen LogP contribution in [0.25, 0.3) is 0 Å². The van der Waals surface area contributed by atoms with E-state index in [0.29, 0.717) is 6.42 Å². The first-order valence-corrected chi connectivity index (χ1v) is 5.08. The summed E-state index contributed by atoms with van der Waals surface area (Å²) in [6.45, 7) is 0. The molecule has 1 fully saturated rings. The Hall–Kier alpha value is -0.840. The van der Waals surface area contributed by atoms with Crippen LogP contribution in [-0.4, -0.2) is 25.2 Å². The third-order valence-corrected chi connectivity index (χ3v) is 3.36. The Labute approximate surface area is 89.4 Å². The van der Waals surface area contributed by atoms with Gasteiger partial charge in [0.25, 0.3) is 0 Å². The first-order valence-electron chi connectivity index (χ1n) is 4.29. The Balaban J connectivity index is 2.27. The van der Waals surface area contributed by atoms with E-state index in [-0.39, 0.29) is 24.0 Å². The lowest BCUT2D eigenvalue weighted by Gasteiger charge is -2.36. The number of esters is 2. The van der Waals surface area contributed by atoms with E-state index in [1.54, 1.807) is 6.08 Å². The zero-order valence-electron chi connectivity index (χ0n) is 7.53. The van der Waals surface area contributed by atoms with E-state index in [1.807, 2.05) is 0 Å². The maximum atomic E-state index is 11.3. The Morgan fingerprint density at radius 2 is 2.43 bits per heavy atom. The summed E-state index contributed by atoms with van der Waals surface area (Å²) >= 11 is 3.30. The third-order valence-electron chi connectivity index (χ3n) is 2.58. The van der Waals surface area contributed by atoms with E-state index in [0.717, 1.165) is 4.48 Å². The molecule has 0 saturated carbocycles. The average Bonchev–Trinajstić information content (AvgIpc) is 2.18. The van der Waals surface area contributed by atoms with Gasteiger partial charge in [0.15, 0.2) is 0 Å². The summed E-state index contributed by atoms with van der Waals surface area (Å²) in [4.78, 5) is 22.7. The Morgan fingerprint density at radius 1 is 1.71 bits per heavy atom. The fourth-order valence-corrected chi connectivity index (χ4v) is 2.40. The molecule has 0 radical (unpaired) electrons. The number of methoxy groups -OCH3 is 1. The molecule has 5 heteroatoms. The summed E-state index contributed by atoms with van der Waals surface area (Å²) in [6.07, 6.45) is 1.94. The van der Waals surface area contributed by atoms with Crippen molar-refractivity contribution in [1.82, 2.24) is 0 Å². The first kappa shape index (κ1) is 9.71. The van der Waals surface area contributed by atoms with Crippen LogP contribution in [0.4, 0.5) is 0 Å². The molecule has 3 aliphatic rings. The summed E-state index contributed by atoms with van der Waals surface area (Å²) < 4.78 is 10.5. The summed E-state index contributed by atoms with van der Waals surface area (Å²) in [7, 11) is 1.33. The van der Waals surface area contributed by atoms with E-state index < -0.39 is 5.92 Å². The highest BCUT2D eigenvalue weighted by atomic mass is 79.9. The minimum absolute atomic E-state index is 0.309. The lowest BCUT2D eigenvalue weighted by Crippen LogP contribution is -2.45. The van der Waals surface area contributed by atoms with Crippen LogP contribution in [0, 0.1) is 11.8 Å². The predicted molar refractivity (Wildman–Crippen MR) is 50.5 cm³/mol. The molecule has 0 amide bonds. The summed E-state index contributed by atoms with van der Waals surface area (Å²) in [5, 5.41) is 0. The molecule has 1 saturated heterocycles. The van der Waals surface area contributed by atoms with Gasteiger partial charge in [-0.2, -0.15) is 0 Å². The number of fused-ring (bicyclic) bond motifs is 2. The van der Waals surface area contributed by atoms with E-state index in [1.165, 1.54) is 7.11 Å². The van der Waals surface area contributed by atoms with Gasteiger partial charge in [0, 0.05) is 10.9 Å². The van der Waals surface area contributed by atoms with E-state index in [4.69, 9.17) is 4.74 Å². The molecule has 2 aliphatic heterocycles. The Kier molecular flexibility index (Phi) is 2.34. The fraction of sp³-hybridized carbons (Fsp3) is 0.556. The van der Waals surface area contributed by atoms with Crippen LogP contribution in [0.3, 0.4) is 0 Å². The molecule has 0 aromatic heterocycles. The number of hydrogen-bond donors (Lipinski definition) is 0. The topological polar surface area (TPSA) is 52.6 Å². The molecule has 3 rings (SSSR count). The minimum atomic E-state index is -0.484. The van der Waals surface area contributed by atoms with E-state index in [2.05, 4.69) is 20.7 Å². The van der Waals surface area contributed by atoms with Crippen LogP contribution in [0.2, 0.25) is 0 Å². The molecule has 0 aromatic rings. The zero-order valence-corrected chi connectivity index (χ0v) is 9.11. The van der Waals surface area contributed by atoms with Gasteiger partial charge in [0.1, 0.15) is 6.10 Å². The first-order chi connectivity index (χ1) is 6.63. The van der Waals surface area contributed by atoms with Gasteiger partial charge in [-0.3, -0.25) is 9.59 Å². The number of halogens is 1. The lowest BCUT2D eigenvalue weighted by molar-refractivity contribution is -0.170. The smallest absolute Gasteiger partial charge is 0.314 e. The van der Waals surface area contributed by atoms with Crippen molar-refractivity contribution in [3.05, 3.63) is 10.6 Å². The van der Waals surface area contributed by atoms with Crippen LogP contribution in [-0.2, 0) is 19.1 Å². The van der Waals surface area contributed by atoms with Crippen molar-refractivity contribution in [2.75, 3.05) is 7.11 Å². The molecule has 1 aliphatic carbocycles. The monoisotopic (exact) mass is 260 g/mol. The van der Waals surface area contributed by atoms with Crippen molar-refractivity contribution >= 4 is 27.9 Å². The highest BCUT2D eigenvalue weighted by molar-refractivity contribution is 9.11. The average molecular weight is 261 g/mol. The van der Waals surface area contributed by atoms with Gasteiger partial charge in [0.2, 0.25) is 0 Å². The highest BCUT2D eigenvalue weighted by Gasteiger charge is 2.46. The van der Waals surface area contributed by atoms with Crippen molar-refractivity contribution in [2.24, 2.45) is 11.8 Å². The van der Waals surface area contributed by atoms with Crippen molar-refractivity contribution in [3.63, 3.8) is 0 Å². The van der Waals surface area contributed by atoms with Crippen molar-refractivity contribution in [3.8, 4) is 0 Å². The SMILES string of the molecule is COC(=O)[C@@H]1C[C@H]2OC(=O)[C@@H]1C=C2Br. The molecule has 76 valence electrons. The fourth-order valence-electron chi connectivity index (χ4n) is 1.83. The van der Waals surface area contributed by atoms with Crippen LogP contribution >= 0.6 is 15.9 Å². The predicted octanol–water partition coefficient (Wildman–Crippen LogP) is 1.000. The number of carbonyl (C=O) groups excluding carboxylic acids is 2. The molecule has 2 bridgehead atoms. The van der Waals surface area contributed by atoms with E-state index in [9.17, 15) is 9.59 Å². The van der Waals surface area contributed by atoms with Crippen LogP contribution in [0.15, 0.2) is 10.6 Å². The molecular formula is C9H9BrO4. The molecule has 2 heterocycles.